The molecule has 0 spiro atoms. The number of hydrogen-bond donors (Lipinski definition) is 2. The Kier molecular flexibility index (Phi) is 6.15. The van der Waals surface area contributed by atoms with Crippen LogP contribution in [0.1, 0.15) is 29.8 Å². The zero-order chi connectivity index (χ0) is 16.8. The van der Waals surface area contributed by atoms with Gasteiger partial charge in [-0.2, -0.15) is 0 Å². The van der Waals surface area contributed by atoms with Crippen LogP contribution in [0.5, 0.6) is 0 Å². The molecule has 0 aliphatic carbocycles. The normalized spacial score (nSPS) is 11.6. The van der Waals surface area contributed by atoms with Gasteiger partial charge in [0.2, 0.25) is 5.89 Å². The first-order valence-corrected chi connectivity index (χ1v) is 8.18. The summed E-state index contributed by atoms with van der Waals surface area (Å²) in [5.74, 6) is 1.71. The van der Waals surface area contributed by atoms with Gasteiger partial charge in [-0.15, -0.1) is 0 Å². The smallest absolute Gasteiger partial charge is 0.214 e. The van der Waals surface area contributed by atoms with Crippen molar-refractivity contribution >= 4 is 21.9 Å². The van der Waals surface area contributed by atoms with Gasteiger partial charge >= 0.3 is 0 Å². The minimum absolute atomic E-state index is 0.240. The van der Waals surface area contributed by atoms with Crippen molar-refractivity contribution in [3.8, 4) is 0 Å². The van der Waals surface area contributed by atoms with E-state index in [1.807, 2.05) is 20.8 Å². The number of nitrogens with zero attached hydrogens (tertiary/aromatic N) is 2. The lowest BCUT2D eigenvalue weighted by Crippen LogP contribution is -2.36. The van der Waals surface area contributed by atoms with E-state index in [1.165, 1.54) is 6.07 Å². The number of oxazole rings is 1. The lowest BCUT2D eigenvalue weighted by molar-refractivity contribution is 0.463. The fourth-order valence-corrected chi connectivity index (χ4v) is 2.35. The molecule has 2 aromatic rings. The minimum Gasteiger partial charge on any atom is -0.444 e. The highest BCUT2D eigenvalue weighted by atomic mass is 79.9. The predicted molar refractivity (Wildman–Crippen MR) is 91.7 cm³/mol. The van der Waals surface area contributed by atoms with E-state index in [0.29, 0.717) is 30.5 Å². The monoisotopic (exact) mass is 382 g/mol. The summed E-state index contributed by atoms with van der Waals surface area (Å²) in [5, 5.41) is 6.24. The number of halogens is 2. The van der Waals surface area contributed by atoms with E-state index in [1.54, 1.807) is 12.1 Å². The van der Waals surface area contributed by atoms with Gasteiger partial charge < -0.3 is 15.1 Å². The Morgan fingerprint density at radius 3 is 2.78 bits per heavy atom. The topological polar surface area (TPSA) is 62.5 Å². The quantitative estimate of drug-likeness (QED) is 0.613. The highest BCUT2D eigenvalue weighted by Crippen LogP contribution is 2.16. The molecule has 0 amide bonds. The van der Waals surface area contributed by atoms with Crippen molar-refractivity contribution in [3.05, 3.63) is 51.4 Å². The van der Waals surface area contributed by atoms with Crippen LogP contribution in [0.2, 0.25) is 0 Å². The number of benzene rings is 1. The summed E-state index contributed by atoms with van der Waals surface area (Å²) in [7, 11) is 0. The molecule has 0 aliphatic rings. The molecule has 1 aromatic carbocycles. The highest BCUT2D eigenvalue weighted by Gasteiger charge is 2.07. The second-order valence-electron chi connectivity index (χ2n) is 5.03. The molecular formula is C16H20BrFN4O. The zero-order valence-electron chi connectivity index (χ0n) is 13.4. The van der Waals surface area contributed by atoms with Gasteiger partial charge in [0.1, 0.15) is 11.6 Å². The van der Waals surface area contributed by atoms with E-state index in [9.17, 15) is 4.39 Å². The van der Waals surface area contributed by atoms with Crippen molar-refractivity contribution in [2.75, 3.05) is 6.54 Å². The van der Waals surface area contributed by atoms with Crippen LogP contribution in [0.4, 0.5) is 4.39 Å². The molecule has 5 nitrogen and oxygen atoms in total. The highest BCUT2D eigenvalue weighted by molar-refractivity contribution is 9.10. The van der Waals surface area contributed by atoms with Crippen LogP contribution in [-0.4, -0.2) is 17.5 Å². The van der Waals surface area contributed by atoms with Gasteiger partial charge in [0.05, 0.1) is 18.8 Å². The van der Waals surface area contributed by atoms with Crippen molar-refractivity contribution in [1.29, 1.82) is 0 Å². The van der Waals surface area contributed by atoms with E-state index in [2.05, 4.69) is 36.5 Å². The maximum atomic E-state index is 13.7. The summed E-state index contributed by atoms with van der Waals surface area (Å²) in [6, 6.07) is 4.82. The van der Waals surface area contributed by atoms with E-state index < -0.39 is 0 Å². The molecule has 0 saturated carbocycles. The van der Waals surface area contributed by atoms with E-state index in [4.69, 9.17) is 4.42 Å². The number of aliphatic imine (C=N–C) groups is 1. The lowest BCUT2D eigenvalue weighted by Gasteiger charge is -2.10. The Morgan fingerprint density at radius 1 is 1.35 bits per heavy atom. The molecule has 7 heteroatoms. The number of nitrogens with one attached hydrogen (secondary N) is 2. The van der Waals surface area contributed by atoms with Crippen LogP contribution in [-0.2, 0) is 13.1 Å². The number of aromatic nitrogens is 1. The largest absolute Gasteiger partial charge is 0.444 e. The first kappa shape index (κ1) is 17.5. The molecule has 0 fully saturated rings. The van der Waals surface area contributed by atoms with Crippen molar-refractivity contribution in [2.24, 2.45) is 4.99 Å². The van der Waals surface area contributed by atoms with Crippen molar-refractivity contribution in [1.82, 2.24) is 15.6 Å². The summed E-state index contributed by atoms with van der Waals surface area (Å²) in [6.07, 6.45) is 0. The molecular weight excluding hydrogens is 363 g/mol. The second-order valence-corrected chi connectivity index (χ2v) is 5.95. The Bertz CT molecular complexity index is 680. The summed E-state index contributed by atoms with van der Waals surface area (Å²) < 4.78 is 20.1. The number of rotatable bonds is 5. The van der Waals surface area contributed by atoms with Gasteiger partial charge in [0, 0.05) is 16.6 Å². The van der Waals surface area contributed by atoms with Crippen molar-refractivity contribution < 1.29 is 8.81 Å². The fourth-order valence-electron chi connectivity index (χ4n) is 1.94. The van der Waals surface area contributed by atoms with Crippen LogP contribution in [0.25, 0.3) is 0 Å². The molecule has 2 rings (SSSR count). The average molecular weight is 383 g/mol. The Balaban J connectivity index is 2.03. The molecule has 0 saturated heterocycles. The van der Waals surface area contributed by atoms with Gasteiger partial charge in [0.25, 0.3) is 0 Å². The molecule has 23 heavy (non-hydrogen) atoms. The molecule has 124 valence electrons. The SMILES string of the molecule is CCNC(=NCc1cc(Br)ccc1F)NCc1nc(C)c(C)o1. The fraction of sp³-hybridized carbons (Fsp3) is 0.375. The van der Waals surface area contributed by atoms with Gasteiger partial charge in [-0.25, -0.2) is 14.4 Å². The molecule has 0 radical (unpaired) electrons. The zero-order valence-corrected chi connectivity index (χ0v) is 15.0. The maximum absolute atomic E-state index is 13.7. The third-order valence-electron chi connectivity index (χ3n) is 3.24. The summed E-state index contributed by atoms with van der Waals surface area (Å²) >= 11 is 3.34. The minimum atomic E-state index is -0.272. The predicted octanol–water partition coefficient (Wildman–Crippen LogP) is 3.45. The van der Waals surface area contributed by atoms with Crippen molar-refractivity contribution in [3.63, 3.8) is 0 Å². The number of guanidine groups is 1. The maximum Gasteiger partial charge on any atom is 0.214 e. The third kappa shape index (κ3) is 5.06. The molecule has 0 bridgehead atoms. The summed E-state index contributed by atoms with van der Waals surface area (Å²) in [6.45, 7) is 7.11. The van der Waals surface area contributed by atoms with Crippen LogP contribution in [0.15, 0.2) is 32.1 Å². The Labute approximate surface area is 143 Å². The van der Waals surface area contributed by atoms with Gasteiger partial charge in [-0.05, 0) is 39.0 Å². The van der Waals surface area contributed by atoms with E-state index in [0.717, 1.165) is 15.9 Å². The van der Waals surface area contributed by atoms with Crippen LogP contribution < -0.4 is 10.6 Å². The van der Waals surface area contributed by atoms with Crippen LogP contribution >= 0.6 is 15.9 Å². The summed E-state index contributed by atoms with van der Waals surface area (Å²) in [5.41, 5.74) is 1.40. The Morgan fingerprint density at radius 2 is 2.13 bits per heavy atom. The van der Waals surface area contributed by atoms with E-state index >= 15 is 0 Å². The number of aryl methyl sites for hydroxylation is 2. The third-order valence-corrected chi connectivity index (χ3v) is 3.73. The van der Waals surface area contributed by atoms with E-state index in [-0.39, 0.29) is 12.4 Å². The first-order valence-electron chi connectivity index (χ1n) is 7.38. The molecule has 0 atom stereocenters. The second kappa shape index (κ2) is 8.10. The van der Waals surface area contributed by atoms with Crippen LogP contribution in [0.3, 0.4) is 0 Å². The van der Waals surface area contributed by atoms with Gasteiger partial charge in [-0.1, -0.05) is 15.9 Å². The van der Waals surface area contributed by atoms with Crippen LogP contribution in [0, 0.1) is 19.7 Å². The number of hydrogen-bond acceptors (Lipinski definition) is 3. The lowest BCUT2D eigenvalue weighted by atomic mass is 10.2. The summed E-state index contributed by atoms with van der Waals surface area (Å²) in [4.78, 5) is 8.70. The van der Waals surface area contributed by atoms with Gasteiger partial charge in [-0.3, -0.25) is 0 Å². The molecule has 0 unspecified atom stereocenters. The molecule has 2 N–H and O–H groups in total. The average Bonchev–Trinajstić information content (AvgIpc) is 2.84. The first-order chi connectivity index (χ1) is 11.0. The molecule has 1 aromatic heterocycles. The Hall–Kier alpha value is -1.89. The van der Waals surface area contributed by atoms with Crippen molar-refractivity contribution in [2.45, 2.75) is 33.9 Å². The molecule has 1 heterocycles. The molecule has 0 aliphatic heterocycles. The van der Waals surface area contributed by atoms with Gasteiger partial charge in [0.15, 0.2) is 5.96 Å². The standard InChI is InChI=1S/C16H20BrFN4O/c1-4-19-16(21-9-15-22-10(2)11(3)23-15)20-8-12-7-13(17)5-6-14(12)18/h5-7H,4,8-9H2,1-3H3,(H2,19,20,21).